The fourth-order valence-electron chi connectivity index (χ4n) is 1.38. The highest BCUT2D eigenvalue weighted by Crippen LogP contribution is 2.24. The van der Waals surface area contributed by atoms with Crippen molar-refractivity contribution in [3.63, 3.8) is 0 Å². The van der Waals surface area contributed by atoms with E-state index in [0.717, 1.165) is 22.3 Å². The number of carboxylic acids is 1. The van der Waals surface area contributed by atoms with Gasteiger partial charge in [-0.25, -0.2) is 4.98 Å². The van der Waals surface area contributed by atoms with Gasteiger partial charge in [0.2, 0.25) is 0 Å². The van der Waals surface area contributed by atoms with E-state index in [2.05, 4.69) is 10.3 Å². The molecule has 0 radical (unpaired) electrons. The first kappa shape index (κ1) is 13.4. The van der Waals surface area contributed by atoms with Crippen LogP contribution in [-0.4, -0.2) is 16.1 Å². The molecule has 2 N–H and O–H groups in total. The van der Waals surface area contributed by atoms with Crippen molar-refractivity contribution in [2.45, 2.75) is 11.3 Å². The van der Waals surface area contributed by atoms with E-state index < -0.39 is 5.97 Å². The number of carbonyl (C=O) groups is 1. The molecule has 1 heterocycles. The number of nitriles is 1. The number of anilines is 2. The van der Waals surface area contributed by atoms with E-state index in [1.54, 1.807) is 5.38 Å². The summed E-state index contributed by atoms with van der Waals surface area (Å²) in [7, 11) is 0. The van der Waals surface area contributed by atoms with Gasteiger partial charge in [0.25, 0.3) is 0 Å². The minimum absolute atomic E-state index is 0.0735. The van der Waals surface area contributed by atoms with Gasteiger partial charge in [0, 0.05) is 16.0 Å². The van der Waals surface area contributed by atoms with Crippen LogP contribution in [0.2, 0.25) is 0 Å². The molecule has 0 aliphatic carbocycles. The zero-order valence-corrected chi connectivity index (χ0v) is 11.3. The van der Waals surface area contributed by atoms with E-state index in [9.17, 15) is 4.79 Å². The van der Waals surface area contributed by atoms with Gasteiger partial charge in [-0.2, -0.15) is 5.26 Å². The molecule has 0 saturated heterocycles. The molecule has 2 aromatic rings. The SMILES string of the molecule is N#CSc1ccc(Nc2nc(CC(=O)O)cs2)cc1. The number of thiocyanates is 1. The smallest absolute Gasteiger partial charge is 0.309 e. The van der Waals surface area contributed by atoms with Crippen LogP contribution in [0.4, 0.5) is 10.8 Å². The number of aromatic nitrogens is 1. The average molecular weight is 291 g/mol. The Morgan fingerprint density at radius 3 is 2.84 bits per heavy atom. The van der Waals surface area contributed by atoms with Crippen LogP contribution in [0.25, 0.3) is 0 Å². The lowest BCUT2D eigenvalue weighted by Crippen LogP contribution is -2.00. The molecule has 0 aliphatic heterocycles. The molecule has 0 spiro atoms. The highest BCUT2D eigenvalue weighted by Gasteiger charge is 2.06. The lowest BCUT2D eigenvalue weighted by atomic mass is 10.3. The van der Waals surface area contributed by atoms with Gasteiger partial charge in [-0.05, 0) is 36.0 Å². The number of thiazole rings is 1. The van der Waals surface area contributed by atoms with Gasteiger partial charge >= 0.3 is 5.97 Å². The molecule has 96 valence electrons. The van der Waals surface area contributed by atoms with Crippen molar-refractivity contribution < 1.29 is 9.90 Å². The van der Waals surface area contributed by atoms with Crippen LogP contribution in [-0.2, 0) is 11.2 Å². The first-order valence-electron chi connectivity index (χ1n) is 5.26. The predicted octanol–water partition coefficient (Wildman–Crippen LogP) is 3.09. The highest BCUT2D eigenvalue weighted by atomic mass is 32.2. The number of aliphatic carboxylic acids is 1. The van der Waals surface area contributed by atoms with Crippen LogP contribution in [0, 0.1) is 10.7 Å². The quantitative estimate of drug-likeness (QED) is 0.650. The minimum atomic E-state index is -0.894. The summed E-state index contributed by atoms with van der Waals surface area (Å²) >= 11 is 2.46. The van der Waals surface area contributed by atoms with Crippen LogP contribution in [0.5, 0.6) is 0 Å². The number of benzene rings is 1. The normalized spacial score (nSPS) is 9.84. The van der Waals surface area contributed by atoms with Crippen molar-refractivity contribution >= 4 is 39.9 Å². The first-order chi connectivity index (χ1) is 9.17. The molecule has 1 aromatic heterocycles. The molecule has 0 atom stereocenters. The van der Waals surface area contributed by atoms with Gasteiger partial charge in [-0.1, -0.05) is 0 Å². The van der Waals surface area contributed by atoms with Crippen molar-refractivity contribution in [3.05, 3.63) is 35.3 Å². The summed E-state index contributed by atoms with van der Waals surface area (Å²) in [5.74, 6) is -0.894. The molecule has 1 aromatic carbocycles. The summed E-state index contributed by atoms with van der Waals surface area (Å²) in [5, 5.41) is 24.7. The number of thioether (sulfide) groups is 1. The fourth-order valence-corrected chi connectivity index (χ4v) is 2.49. The molecule has 0 aliphatic rings. The Morgan fingerprint density at radius 1 is 1.47 bits per heavy atom. The molecule has 0 amide bonds. The molecule has 0 saturated carbocycles. The van der Waals surface area contributed by atoms with Crippen molar-refractivity contribution in [3.8, 4) is 5.40 Å². The molecule has 2 rings (SSSR count). The number of nitrogens with zero attached hydrogens (tertiary/aromatic N) is 2. The lowest BCUT2D eigenvalue weighted by molar-refractivity contribution is -0.136. The van der Waals surface area contributed by atoms with Gasteiger partial charge in [0.1, 0.15) is 5.40 Å². The Morgan fingerprint density at radius 2 is 2.21 bits per heavy atom. The number of carboxylic acid groups (broad SMARTS) is 1. The van der Waals surface area contributed by atoms with E-state index in [4.69, 9.17) is 10.4 Å². The molecular formula is C12H9N3O2S2. The summed E-state index contributed by atoms with van der Waals surface area (Å²) in [6.45, 7) is 0. The summed E-state index contributed by atoms with van der Waals surface area (Å²) in [6, 6.07) is 7.36. The van der Waals surface area contributed by atoms with Crippen molar-refractivity contribution in [2.75, 3.05) is 5.32 Å². The van der Waals surface area contributed by atoms with Gasteiger partial charge in [-0.15, -0.1) is 11.3 Å². The minimum Gasteiger partial charge on any atom is -0.481 e. The molecule has 0 bridgehead atoms. The van der Waals surface area contributed by atoms with E-state index in [1.807, 2.05) is 29.7 Å². The van der Waals surface area contributed by atoms with E-state index >= 15 is 0 Å². The highest BCUT2D eigenvalue weighted by molar-refractivity contribution is 8.03. The van der Waals surface area contributed by atoms with Gasteiger partial charge in [0.15, 0.2) is 5.13 Å². The Labute approximate surface area is 117 Å². The molecule has 5 nitrogen and oxygen atoms in total. The number of hydrogen-bond acceptors (Lipinski definition) is 6. The molecule has 7 heteroatoms. The predicted molar refractivity (Wildman–Crippen MR) is 74.6 cm³/mol. The van der Waals surface area contributed by atoms with Crippen LogP contribution >= 0.6 is 23.1 Å². The van der Waals surface area contributed by atoms with Crippen LogP contribution < -0.4 is 5.32 Å². The van der Waals surface area contributed by atoms with Crippen molar-refractivity contribution in [2.24, 2.45) is 0 Å². The third kappa shape index (κ3) is 3.98. The number of nitrogens with one attached hydrogen (secondary N) is 1. The van der Waals surface area contributed by atoms with E-state index in [-0.39, 0.29) is 6.42 Å². The summed E-state index contributed by atoms with van der Waals surface area (Å²) < 4.78 is 0. The average Bonchev–Trinajstić information content (AvgIpc) is 2.78. The van der Waals surface area contributed by atoms with Crippen LogP contribution in [0.15, 0.2) is 34.5 Å². The molecular weight excluding hydrogens is 282 g/mol. The standard InChI is InChI=1S/C12H9N3O2S2/c13-7-19-10-3-1-8(2-4-10)14-12-15-9(6-18-12)5-11(16)17/h1-4,6H,5H2,(H,14,15)(H,16,17). The van der Waals surface area contributed by atoms with E-state index in [0.29, 0.717) is 10.8 Å². The van der Waals surface area contributed by atoms with Crippen molar-refractivity contribution in [1.82, 2.24) is 4.98 Å². The number of hydrogen-bond donors (Lipinski definition) is 2. The maximum atomic E-state index is 10.6. The summed E-state index contributed by atoms with van der Waals surface area (Å²) in [6.07, 6.45) is -0.0735. The largest absolute Gasteiger partial charge is 0.481 e. The third-order valence-corrected chi connectivity index (χ3v) is 3.56. The second kappa shape index (κ2) is 6.22. The van der Waals surface area contributed by atoms with E-state index in [1.165, 1.54) is 11.3 Å². The lowest BCUT2D eigenvalue weighted by Gasteiger charge is -2.02. The van der Waals surface area contributed by atoms with Crippen LogP contribution in [0.3, 0.4) is 0 Å². The van der Waals surface area contributed by atoms with Gasteiger partial charge in [0.05, 0.1) is 12.1 Å². The third-order valence-electron chi connectivity index (χ3n) is 2.15. The summed E-state index contributed by atoms with van der Waals surface area (Å²) in [5.41, 5.74) is 1.38. The first-order valence-corrected chi connectivity index (χ1v) is 6.96. The second-order valence-corrected chi connectivity index (χ2v) is 5.27. The Hall–Kier alpha value is -2.04. The maximum Gasteiger partial charge on any atom is 0.309 e. The van der Waals surface area contributed by atoms with Gasteiger partial charge < -0.3 is 10.4 Å². The Bertz CT molecular complexity index is 617. The zero-order valence-electron chi connectivity index (χ0n) is 9.66. The Balaban J connectivity index is 2.02. The number of rotatable bonds is 5. The topological polar surface area (TPSA) is 86.0 Å². The van der Waals surface area contributed by atoms with Gasteiger partial charge in [-0.3, -0.25) is 4.79 Å². The summed E-state index contributed by atoms with van der Waals surface area (Å²) in [4.78, 5) is 15.6. The molecule has 0 unspecified atom stereocenters. The van der Waals surface area contributed by atoms with Crippen molar-refractivity contribution in [1.29, 1.82) is 5.26 Å². The molecule has 0 fully saturated rings. The van der Waals surface area contributed by atoms with Crippen LogP contribution in [0.1, 0.15) is 5.69 Å². The monoisotopic (exact) mass is 291 g/mol. The second-order valence-electron chi connectivity index (χ2n) is 3.56. The molecule has 19 heavy (non-hydrogen) atoms. The fraction of sp³-hybridized carbons (Fsp3) is 0.0833. The zero-order chi connectivity index (χ0) is 13.7. The Kier molecular flexibility index (Phi) is 4.39. The maximum absolute atomic E-state index is 10.6.